The molecule has 7 nitrogen and oxygen atoms in total. The summed E-state index contributed by atoms with van der Waals surface area (Å²) in [6.07, 6.45) is 1.84. The molecule has 1 atom stereocenters. The van der Waals surface area contributed by atoms with Gasteiger partial charge in [0.15, 0.2) is 4.80 Å². The number of rotatable bonds is 9. The lowest BCUT2D eigenvalue weighted by atomic mass is 9.96. The van der Waals surface area contributed by atoms with Crippen LogP contribution in [0, 0.1) is 0 Å². The maximum atomic E-state index is 13.8. The molecule has 1 aliphatic heterocycles. The van der Waals surface area contributed by atoms with Crippen LogP contribution < -0.4 is 24.4 Å². The van der Waals surface area contributed by atoms with Crippen LogP contribution >= 0.6 is 11.3 Å². The van der Waals surface area contributed by atoms with Crippen LogP contribution in [0.25, 0.3) is 6.08 Å². The van der Waals surface area contributed by atoms with Crippen molar-refractivity contribution in [3.8, 4) is 11.5 Å². The Morgan fingerprint density at radius 3 is 2.27 bits per heavy atom. The third-order valence-corrected chi connectivity index (χ3v) is 7.43. The number of thiazole rings is 1. The monoisotopic (exact) mass is 554 g/mol. The lowest BCUT2D eigenvalue weighted by Crippen LogP contribution is -2.39. The summed E-state index contributed by atoms with van der Waals surface area (Å²) in [6.45, 7) is 6.70. The van der Waals surface area contributed by atoms with E-state index in [4.69, 9.17) is 14.2 Å². The van der Waals surface area contributed by atoms with Gasteiger partial charge in [0.25, 0.3) is 5.56 Å². The van der Waals surface area contributed by atoms with Gasteiger partial charge in [0.2, 0.25) is 0 Å². The number of hydrogen-bond acceptors (Lipinski definition) is 7. The van der Waals surface area contributed by atoms with Crippen LogP contribution in [0.2, 0.25) is 0 Å². The minimum Gasteiger partial charge on any atom is -0.494 e. The van der Waals surface area contributed by atoms with Crippen molar-refractivity contribution < 1.29 is 19.0 Å². The van der Waals surface area contributed by atoms with Gasteiger partial charge < -0.3 is 14.2 Å². The Morgan fingerprint density at radius 2 is 1.60 bits per heavy atom. The molecular formula is C32H30N2O5S. The Kier molecular flexibility index (Phi) is 8.26. The molecular weight excluding hydrogens is 524 g/mol. The molecule has 204 valence electrons. The minimum absolute atomic E-state index is 0.221. The van der Waals surface area contributed by atoms with Gasteiger partial charge in [0.1, 0.15) is 18.1 Å². The van der Waals surface area contributed by atoms with E-state index < -0.39 is 12.0 Å². The molecule has 4 aromatic rings. The molecule has 1 aromatic heterocycles. The Bertz CT molecular complexity index is 1700. The summed E-state index contributed by atoms with van der Waals surface area (Å²) in [4.78, 5) is 32.0. The van der Waals surface area contributed by atoms with Crippen LogP contribution in [0.1, 0.15) is 43.5 Å². The van der Waals surface area contributed by atoms with Gasteiger partial charge in [-0.15, -0.1) is 0 Å². The third kappa shape index (κ3) is 5.77. The number of benzene rings is 3. The first-order chi connectivity index (χ1) is 19.5. The Morgan fingerprint density at radius 1 is 0.925 bits per heavy atom. The lowest BCUT2D eigenvalue weighted by Gasteiger charge is -2.24. The predicted molar refractivity (Wildman–Crippen MR) is 155 cm³/mol. The number of carbonyl (C=O) groups is 1. The highest BCUT2D eigenvalue weighted by atomic mass is 32.1. The first-order valence-electron chi connectivity index (χ1n) is 13.2. The molecule has 0 amide bonds. The molecule has 3 aromatic carbocycles. The minimum atomic E-state index is -0.665. The first kappa shape index (κ1) is 27.1. The predicted octanol–water partition coefficient (Wildman–Crippen LogP) is 4.78. The van der Waals surface area contributed by atoms with Crippen molar-refractivity contribution in [2.75, 3.05) is 13.2 Å². The molecule has 2 heterocycles. The van der Waals surface area contributed by atoms with Gasteiger partial charge in [-0.1, -0.05) is 65.9 Å². The van der Waals surface area contributed by atoms with Gasteiger partial charge in [-0.3, -0.25) is 9.36 Å². The first-order valence-corrected chi connectivity index (χ1v) is 14.0. The van der Waals surface area contributed by atoms with E-state index in [0.717, 1.165) is 22.4 Å². The van der Waals surface area contributed by atoms with Crippen molar-refractivity contribution in [2.45, 2.75) is 33.4 Å². The summed E-state index contributed by atoms with van der Waals surface area (Å²) < 4.78 is 19.0. The second kappa shape index (κ2) is 12.2. The van der Waals surface area contributed by atoms with E-state index in [1.54, 1.807) is 18.4 Å². The molecule has 0 N–H and O–H groups in total. The van der Waals surface area contributed by atoms with E-state index in [0.29, 0.717) is 39.6 Å². The van der Waals surface area contributed by atoms with Crippen molar-refractivity contribution in [2.24, 2.45) is 4.99 Å². The van der Waals surface area contributed by atoms with E-state index >= 15 is 0 Å². The summed E-state index contributed by atoms with van der Waals surface area (Å²) in [7, 11) is 0. The average molecular weight is 555 g/mol. The Labute approximate surface area is 236 Å². The van der Waals surface area contributed by atoms with E-state index in [9.17, 15) is 9.59 Å². The summed E-state index contributed by atoms with van der Waals surface area (Å²) in [5.41, 5.74) is 3.38. The summed E-state index contributed by atoms with van der Waals surface area (Å²) in [5.74, 6) is 0.976. The second-order valence-electron chi connectivity index (χ2n) is 9.15. The van der Waals surface area contributed by atoms with Crippen LogP contribution in [0.3, 0.4) is 0 Å². The standard InChI is InChI=1S/C32H30N2O5S/c1-4-37-25-17-13-24(14-18-25)29-28(31(36)38-5-2)21(3)33-32-34(29)30(35)27(40-32)19-22-11-15-26(16-12-22)39-20-23-9-7-6-8-10-23/h6-19,29H,4-5,20H2,1-3H3/b27-19-. The average Bonchev–Trinajstić information content (AvgIpc) is 3.27. The summed E-state index contributed by atoms with van der Waals surface area (Å²) in [6, 6.07) is 24.3. The van der Waals surface area contributed by atoms with Gasteiger partial charge >= 0.3 is 5.97 Å². The van der Waals surface area contributed by atoms with Gasteiger partial charge in [0, 0.05) is 0 Å². The van der Waals surface area contributed by atoms with E-state index in [1.165, 1.54) is 11.3 Å². The van der Waals surface area contributed by atoms with Crippen molar-refractivity contribution in [1.29, 1.82) is 0 Å². The van der Waals surface area contributed by atoms with Crippen LogP contribution in [-0.2, 0) is 16.1 Å². The van der Waals surface area contributed by atoms with Crippen molar-refractivity contribution in [1.82, 2.24) is 4.57 Å². The fraction of sp³-hybridized carbons (Fsp3) is 0.219. The molecule has 0 aliphatic carbocycles. The Hall–Kier alpha value is -4.43. The maximum absolute atomic E-state index is 13.8. The van der Waals surface area contributed by atoms with Gasteiger partial charge in [-0.25, -0.2) is 9.79 Å². The number of aromatic nitrogens is 1. The number of nitrogens with zero attached hydrogens (tertiary/aromatic N) is 2. The summed E-state index contributed by atoms with van der Waals surface area (Å²) in [5, 5.41) is 0. The van der Waals surface area contributed by atoms with Gasteiger partial charge in [-0.2, -0.15) is 0 Å². The fourth-order valence-corrected chi connectivity index (χ4v) is 5.62. The Balaban J connectivity index is 1.50. The second-order valence-corrected chi connectivity index (χ2v) is 10.2. The van der Waals surface area contributed by atoms with Crippen LogP contribution in [0.5, 0.6) is 11.5 Å². The van der Waals surface area contributed by atoms with E-state index in [1.807, 2.05) is 91.9 Å². The zero-order valence-corrected chi connectivity index (χ0v) is 23.4. The van der Waals surface area contributed by atoms with Gasteiger partial charge in [-0.05, 0) is 67.8 Å². The lowest BCUT2D eigenvalue weighted by molar-refractivity contribution is -0.139. The molecule has 0 radical (unpaired) electrons. The van der Waals surface area contributed by atoms with Crippen molar-refractivity contribution in [3.05, 3.63) is 127 Å². The molecule has 0 fully saturated rings. The number of fused-ring (bicyclic) bond motifs is 1. The number of hydrogen-bond donors (Lipinski definition) is 0. The molecule has 8 heteroatoms. The highest BCUT2D eigenvalue weighted by Crippen LogP contribution is 2.31. The van der Waals surface area contributed by atoms with Crippen LogP contribution in [0.15, 0.2) is 99.9 Å². The van der Waals surface area contributed by atoms with Crippen molar-refractivity contribution >= 4 is 23.4 Å². The number of carbonyl (C=O) groups excluding carboxylic acids is 1. The zero-order chi connectivity index (χ0) is 28.1. The molecule has 5 rings (SSSR count). The molecule has 0 bridgehead atoms. The number of allylic oxidation sites excluding steroid dienone is 1. The molecule has 40 heavy (non-hydrogen) atoms. The molecule has 1 aliphatic rings. The quantitative estimate of drug-likeness (QED) is 0.279. The maximum Gasteiger partial charge on any atom is 0.338 e. The van der Waals surface area contributed by atoms with Gasteiger partial charge in [0.05, 0.1) is 35.1 Å². The number of ether oxygens (including phenoxy) is 3. The summed E-state index contributed by atoms with van der Waals surface area (Å²) >= 11 is 1.30. The topological polar surface area (TPSA) is 79.1 Å². The highest BCUT2D eigenvalue weighted by molar-refractivity contribution is 7.07. The molecule has 0 saturated carbocycles. The highest BCUT2D eigenvalue weighted by Gasteiger charge is 2.33. The fourth-order valence-electron chi connectivity index (χ4n) is 4.57. The smallest absolute Gasteiger partial charge is 0.338 e. The van der Waals surface area contributed by atoms with Crippen LogP contribution in [0.4, 0.5) is 0 Å². The van der Waals surface area contributed by atoms with E-state index in [2.05, 4.69) is 4.99 Å². The van der Waals surface area contributed by atoms with Crippen LogP contribution in [-0.4, -0.2) is 23.8 Å². The third-order valence-electron chi connectivity index (χ3n) is 6.45. The largest absolute Gasteiger partial charge is 0.494 e. The SMILES string of the molecule is CCOC(=O)C1=C(C)N=c2s/c(=C\c3ccc(OCc4ccccc4)cc3)c(=O)n2C1c1ccc(OCC)cc1. The van der Waals surface area contributed by atoms with Crippen molar-refractivity contribution in [3.63, 3.8) is 0 Å². The normalized spacial score (nSPS) is 14.9. The molecule has 0 spiro atoms. The zero-order valence-electron chi connectivity index (χ0n) is 22.6. The van der Waals surface area contributed by atoms with E-state index in [-0.39, 0.29) is 12.2 Å². The molecule has 0 saturated heterocycles. The molecule has 1 unspecified atom stereocenters. The number of esters is 1.